The van der Waals surface area contributed by atoms with Crippen LogP contribution in [0.1, 0.15) is 57.6 Å². The fourth-order valence-electron chi connectivity index (χ4n) is 5.54. The molecule has 0 unspecified atom stereocenters. The number of aromatic carboxylic acids is 1. The van der Waals surface area contributed by atoms with Gasteiger partial charge in [-0.3, -0.25) is 9.37 Å². The first-order chi connectivity index (χ1) is 17.9. The van der Waals surface area contributed by atoms with E-state index in [0.717, 1.165) is 60.3 Å². The molecule has 2 aliphatic rings. The predicted molar refractivity (Wildman–Crippen MR) is 142 cm³/mol. The number of likely N-dealkylation sites (tertiary alicyclic amines) is 1. The Kier molecular flexibility index (Phi) is 7.68. The van der Waals surface area contributed by atoms with E-state index in [1.165, 1.54) is 17.8 Å². The van der Waals surface area contributed by atoms with E-state index in [1.54, 1.807) is 12.1 Å². The quantitative estimate of drug-likeness (QED) is 0.357. The number of carbonyl (C=O) groups is 1. The SMILES string of the molecule is O=C(O)c1ccc2c(c1)CCCC(c1ncc(Cl)cc1F)=C2c1ccc(CC2CN(CCCF)C2)cc1. The van der Waals surface area contributed by atoms with Crippen LogP contribution < -0.4 is 0 Å². The van der Waals surface area contributed by atoms with Gasteiger partial charge in [-0.1, -0.05) is 41.9 Å². The summed E-state index contributed by atoms with van der Waals surface area (Å²) in [4.78, 5) is 18.3. The lowest BCUT2D eigenvalue weighted by atomic mass is 9.87. The topological polar surface area (TPSA) is 53.4 Å². The second-order valence-corrected chi connectivity index (χ2v) is 10.4. The van der Waals surface area contributed by atoms with Crippen molar-refractivity contribution in [2.24, 2.45) is 5.92 Å². The van der Waals surface area contributed by atoms with Crippen molar-refractivity contribution >= 4 is 28.7 Å². The van der Waals surface area contributed by atoms with Crippen LogP contribution in [0, 0.1) is 11.7 Å². The summed E-state index contributed by atoms with van der Waals surface area (Å²) in [6.07, 6.45) is 5.06. The molecule has 1 aromatic heterocycles. The predicted octanol–water partition coefficient (Wildman–Crippen LogP) is 6.70. The van der Waals surface area contributed by atoms with Gasteiger partial charge in [-0.05, 0) is 89.6 Å². The number of pyridine rings is 1. The van der Waals surface area contributed by atoms with Crippen LogP contribution in [-0.4, -0.2) is 47.3 Å². The lowest BCUT2D eigenvalue weighted by Crippen LogP contribution is -2.47. The van der Waals surface area contributed by atoms with E-state index in [-0.39, 0.29) is 23.0 Å². The molecule has 37 heavy (non-hydrogen) atoms. The number of aryl methyl sites for hydroxylation is 1. The third-order valence-electron chi connectivity index (χ3n) is 7.30. The lowest BCUT2D eigenvalue weighted by molar-refractivity contribution is 0.0696. The number of fused-ring (bicyclic) bond motifs is 1. The van der Waals surface area contributed by atoms with E-state index in [9.17, 15) is 14.3 Å². The highest BCUT2D eigenvalue weighted by Gasteiger charge is 2.27. The molecule has 0 radical (unpaired) electrons. The minimum absolute atomic E-state index is 0.243. The third kappa shape index (κ3) is 5.60. The molecule has 3 aromatic rings. The Balaban J connectivity index is 1.51. The Bertz CT molecular complexity index is 1330. The van der Waals surface area contributed by atoms with Crippen LogP contribution in [-0.2, 0) is 12.8 Å². The number of hydrogen-bond donors (Lipinski definition) is 1. The number of allylic oxidation sites excluding steroid dienone is 1. The van der Waals surface area contributed by atoms with Crippen molar-refractivity contribution in [3.8, 4) is 0 Å². The summed E-state index contributed by atoms with van der Waals surface area (Å²) in [5.41, 5.74) is 6.22. The largest absolute Gasteiger partial charge is 0.478 e. The Morgan fingerprint density at radius 2 is 1.89 bits per heavy atom. The zero-order valence-corrected chi connectivity index (χ0v) is 21.3. The highest BCUT2D eigenvalue weighted by Crippen LogP contribution is 2.40. The summed E-state index contributed by atoms with van der Waals surface area (Å²) in [5, 5.41) is 9.76. The van der Waals surface area contributed by atoms with Crippen molar-refractivity contribution in [3.05, 3.63) is 99.1 Å². The van der Waals surface area contributed by atoms with E-state index < -0.39 is 11.8 Å². The number of benzene rings is 2. The third-order valence-corrected chi connectivity index (χ3v) is 7.50. The smallest absolute Gasteiger partial charge is 0.335 e. The average Bonchev–Trinajstić information content (AvgIpc) is 3.04. The van der Waals surface area contributed by atoms with E-state index in [4.69, 9.17) is 11.6 Å². The number of rotatable bonds is 8. The molecule has 0 spiro atoms. The molecule has 1 aliphatic heterocycles. The van der Waals surface area contributed by atoms with Gasteiger partial charge in [0.25, 0.3) is 0 Å². The summed E-state index contributed by atoms with van der Waals surface area (Å²) in [6, 6.07) is 14.8. The minimum Gasteiger partial charge on any atom is -0.478 e. The van der Waals surface area contributed by atoms with Crippen LogP contribution in [0.15, 0.2) is 54.7 Å². The maximum Gasteiger partial charge on any atom is 0.335 e. The molecular formula is C30H29ClF2N2O2. The van der Waals surface area contributed by atoms with Gasteiger partial charge in [-0.2, -0.15) is 0 Å². The fourth-order valence-corrected chi connectivity index (χ4v) is 5.68. The molecule has 1 aliphatic carbocycles. The second kappa shape index (κ2) is 11.1. The molecule has 0 saturated carbocycles. The van der Waals surface area contributed by atoms with Crippen LogP contribution in [0.3, 0.4) is 0 Å². The first-order valence-corrected chi connectivity index (χ1v) is 13.1. The molecule has 5 rings (SSSR count). The molecule has 0 amide bonds. The van der Waals surface area contributed by atoms with Crippen LogP contribution in [0.2, 0.25) is 5.02 Å². The van der Waals surface area contributed by atoms with Crippen LogP contribution >= 0.6 is 11.6 Å². The number of carboxylic acids is 1. The molecule has 192 valence electrons. The highest BCUT2D eigenvalue weighted by molar-refractivity contribution is 6.30. The second-order valence-electron chi connectivity index (χ2n) is 9.94. The number of halogens is 3. The molecule has 1 saturated heterocycles. The van der Waals surface area contributed by atoms with Gasteiger partial charge in [0.15, 0.2) is 5.82 Å². The number of hydrogen-bond acceptors (Lipinski definition) is 3. The number of nitrogens with zero attached hydrogens (tertiary/aromatic N) is 2. The first kappa shape index (κ1) is 25.6. The van der Waals surface area contributed by atoms with Gasteiger partial charge in [0, 0.05) is 25.8 Å². The van der Waals surface area contributed by atoms with Crippen LogP contribution in [0.25, 0.3) is 11.1 Å². The number of carboxylic acid groups (broad SMARTS) is 1. The van der Waals surface area contributed by atoms with Gasteiger partial charge in [0.2, 0.25) is 0 Å². The minimum atomic E-state index is -0.966. The molecule has 7 heteroatoms. The molecule has 2 heterocycles. The van der Waals surface area contributed by atoms with Gasteiger partial charge in [0.05, 0.1) is 17.3 Å². The van der Waals surface area contributed by atoms with E-state index in [0.29, 0.717) is 25.2 Å². The maximum atomic E-state index is 15.1. The summed E-state index contributed by atoms with van der Waals surface area (Å²) in [6.45, 7) is 2.55. The Labute approximate surface area is 220 Å². The Hall–Kier alpha value is -3.09. The van der Waals surface area contributed by atoms with Gasteiger partial charge in [-0.25, -0.2) is 9.18 Å². The maximum absolute atomic E-state index is 15.1. The van der Waals surface area contributed by atoms with Crippen molar-refractivity contribution in [1.29, 1.82) is 0 Å². The normalized spacial score (nSPS) is 16.3. The molecular weight excluding hydrogens is 494 g/mol. The van der Waals surface area contributed by atoms with E-state index in [2.05, 4.69) is 34.1 Å². The molecule has 0 bridgehead atoms. The summed E-state index contributed by atoms with van der Waals surface area (Å²) < 4.78 is 27.5. The van der Waals surface area contributed by atoms with Gasteiger partial charge in [0.1, 0.15) is 5.69 Å². The monoisotopic (exact) mass is 522 g/mol. The van der Waals surface area contributed by atoms with Gasteiger partial charge < -0.3 is 10.0 Å². The summed E-state index contributed by atoms with van der Waals surface area (Å²) in [7, 11) is 0. The standard InChI is InChI=1S/C30H29ClF2N2O2/c31-24-15-27(33)29(34-16-24)26-4-1-3-22-14-23(30(36)37)9-10-25(22)28(26)21-7-5-19(6-8-21)13-20-17-35(18-20)12-2-11-32/h5-10,14-16,20H,1-4,11-13,17-18H2,(H,36,37). The average molecular weight is 523 g/mol. The summed E-state index contributed by atoms with van der Waals surface area (Å²) in [5.74, 6) is -0.864. The van der Waals surface area contributed by atoms with Gasteiger partial charge >= 0.3 is 5.97 Å². The zero-order chi connectivity index (χ0) is 25.9. The number of aromatic nitrogens is 1. The summed E-state index contributed by atoms with van der Waals surface area (Å²) >= 11 is 5.99. The van der Waals surface area contributed by atoms with Crippen molar-refractivity contribution in [3.63, 3.8) is 0 Å². The zero-order valence-electron chi connectivity index (χ0n) is 20.5. The van der Waals surface area contributed by atoms with Crippen LogP contribution in [0.4, 0.5) is 8.78 Å². The fraction of sp³-hybridized carbons (Fsp3) is 0.333. The first-order valence-electron chi connectivity index (χ1n) is 12.7. The van der Waals surface area contributed by atoms with E-state index in [1.807, 2.05) is 6.07 Å². The molecule has 2 aromatic carbocycles. The number of alkyl halides is 1. The van der Waals surface area contributed by atoms with Crippen molar-refractivity contribution in [1.82, 2.24) is 9.88 Å². The van der Waals surface area contributed by atoms with Crippen LogP contribution in [0.5, 0.6) is 0 Å². The molecule has 1 N–H and O–H groups in total. The molecule has 1 fully saturated rings. The van der Waals surface area contributed by atoms with E-state index >= 15 is 4.39 Å². The Morgan fingerprint density at radius 1 is 1.11 bits per heavy atom. The molecule has 4 nitrogen and oxygen atoms in total. The Morgan fingerprint density at radius 3 is 2.59 bits per heavy atom. The van der Waals surface area contributed by atoms with Crippen molar-refractivity contribution < 1.29 is 18.7 Å². The van der Waals surface area contributed by atoms with Gasteiger partial charge in [-0.15, -0.1) is 0 Å². The van der Waals surface area contributed by atoms with Crippen molar-refractivity contribution in [2.45, 2.75) is 32.1 Å². The molecule has 0 atom stereocenters. The highest BCUT2D eigenvalue weighted by atomic mass is 35.5. The lowest BCUT2D eigenvalue weighted by Gasteiger charge is -2.39. The van der Waals surface area contributed by atoms with Crippen molar-refractivity contribution in [2.75, 3.05) is 26.3 Å².